The van der Waals surface area contributed by atoms with Gasteiger partial charge in [0, 0.05) is 29.1 Å². The lowest BCUT2D eigenvalue weighted by atomic mass is 10.1. The second-order valence-corrected chi connectivity index (χ2v) is 5.35. The number of nitrogens with one attached hydrogen (secondary N) is 2. The highest BCUT2D eigenvalue weighted by Crippen LogP contribution is 2.20. The third-order valence-electron chi connectivity index (χ3n) is 3.80. The molecular weight excluding hydrogens is 284 g/mol. The summed E-state index contributed by atoms with van der Waals surface area (Å²) in [6.07, 6.45) is 1.44. The molecular formula is C16H16N2O4. The van der Waals surface area contributed by atoms with Crippen LogP contribution in [0.25, 0.3) is 10.9 Å². The Morgan fingerprint density at radius 2 is 2.09 bits per heavy atom. The fourth-order valence-corrected chi connectivity index (χ4v) is 2.60. The lowest BCUT2D eigenvalue weighted by Gasteiger charge is -2.15. The number of rotatable bonds is 4. The average molecular weight is 300 g/mol. The van der Waals surface area contributed by atoms with Gasteiger partial charge in [-0.1, -0.05) is 18.2 Å². The van der Waals surface area contributed by atoms with Crippen molar-refractivity contribution in [2.24, 2.45) is 0 Å². The van der Waals surface area contributed by atoms with E-state index >= 15 is 0 Å². The Balaban J connectivity index is 1.72. The molecule has 3 rings (SSSR count). The number of carbonyl (C=O) groups excluding carboxylic acids is 3. The Morgan fingerprint density at radius 3 is 2.82 bits per heavy atom. The summed E-state index contributed by atoms with van der Waals surface area (Å²) in [5.74, 6) is -1.00. The zero-order valence-electron chi connectivity index (χ0n) is 12.1. The predicted octanol–water partition coefficient (Wildman–Crippen LogP) is 1.56. The van der Waals surface area contributed by atoms with E-state index in [2.05, 4.69) is 10.3 Å². The molecule has 2 atom stereocenters. The van der Waals surface area contributed by atoms with E-state index in [1.54, 1.807) is 13.1 Å². The Morgan fingerprint density at radius 1 is 1.32 bits per heavy atom. The van der Waals surface area contributed by atoms with Gasteiger partial charge in [-0.2, -0.15) is 0 Å². The lowest BCUT2D eigenvalue weighted by molar-refractivity contribution is -0.149. The maximum atomic E-state index is 12.4. The van der Waals surface area contributed by atoms with Gasteiger partial charge in [0.25, 0.3) is 0 Å². The van der Waals surface area contributed by atoms with Gasteiger partial charge < -0.3 is 15.0 Å². The van der Waals surface area contributed by atoms with Gasteiger partial charge in [-0.25, -0.2) is 4.79 Å². The molecule has 0 unspecified atom stereocenters. The van der Waals surface area contributed by atoms with Crippen molar-refractivity contribution in [1.29, 1.82) is 0 Å². The zero-order valence-corrected chi connectivity index (χ0v) is 12.1. The van der Waals surface area contributed by atoms with Crippen molar-refractivity contribution in [3.8, 4) is 0 Å². The molecule has 0 radical (unpaired) electrons. The van der Waals surface area contributed by atoms with E-state index in [1.165, 1.54) is 0 Å². The number of amides is 1. The summed E-state index contributed by atoms with van der Waals surface area (Å²) in [4.78, 5) is 38.5. The van der Waals surface area contributed by atoms with Crippen molar-refractivity contribution in [1.82, 2.24) is 10.3 Å². The van der Waals surface area contributed by atoms with Crippen LogP contribution in [-0.2, 0) is 14.3 Å². The van der Waals surface area contributed by atoms with Crippen molar-refractivity contribution >= 4 is 28.6 Å². The number of ketones is 1. The first-order chi connectivity index (χ1) is 10.6. The smallest absolute Gasteiger partial charge is 0.329 e. The highest BCUT2D eigenvalue weighted by Gasteiger charge is 2.31. The van der Waals surface area contributed by atoms with Crippen LogP contribution >= 0.6 is 0 Å². The number of hydrogen-bond acceptors (Lipinski definition) is 4. The number of ether oxygens (including phenoxy) is 1. The number of carbonyl (C=O) groups is 3. The number of aromatic amines is 1. The molecule has 1 saturated heterocycles. The molecule has 2 N–H and O–H groups in total. The second-order valence-electron chi connectivity index (χ2n) is 5.35. The van der Waals surface area contributed by atoms with Crippen LogP contribution in [0.2, 0.25) is 0 Å². The van der Waals surface area contributed by atoms with E-state index < -0.39 is 18.1 Å². The van der Waals surface area contributed by atoms with Crippen LogP contribution in [0, 0.1) is 0 Å². The number of H-pyrrole nitrogens is 1. The Bertz CT molecular complexity index is 749. The number of para-hydroxylation sites is 1. The Labute approximate surface area is 126 Å². The lowest BCUT2D eigenvalue weighted by Crippen LogP contribution is -2.37. The summed E-state index contributed by atoms with van der Waals surface area (Å²) in [6, 6.07) is 6.78. The molecule has 0 spiro atoms. The van der Waals surface area contributed by atoms with E-state index in [0.29, 0.717) is 18.4 Å². The van der Waals surface area contributed by atoms with Crippen LogP contribution in [0.5, 0.6) is 0 Å². The first-order valence-corrected chi connectivity index (χ1v) is 7.16. The Hall–Kier alpha value is -2.63. The van der Waals surface area contributed by atoms with Gasteiger partial charge in [0.1, 0.15) is 6.04 Å². The maximum absolute atomic E-state index is 12.4. The average Bonchev–Trinajstić information content (AvgIpc) is 3.12. The number of benzene rings is 1. The molecule has 1 aromatic carbocycles. The molecule has 1 aromatic heterocycles. The van der Waals surface area contributed by atoms with Crippen LogP contribution in [-0.4, -0.2) is 34.8 Å². The number of esters is 1. The molecule has 0 bridgehead atoms. The molecule has 1 aliphatic heterocycles. The molecule has 22 heavy (non-hydrogen) atoms. The molecule has 1 aliphatic rings. The third kappa shape index (κ3) is 2.59. The van der Waals surface area contributed by atoms with Gasteiger partial charge in [-0.05, 0) is 19.4 Å². The van der Waals surface area contributed by atoms with E-state index in [-0.39, 0.29) is 11.7 Å². The fourth-order valence-electron chi connectivity index (χ4n) is 2.60. The van der Waals surface area contributed by atoms with Crippen LogP contribution in [0.4, 0.5) is 0 Å². The molecule has 0 aliphatic carbocycles. The van der Waals surface area contributed by atoms with Crippen LogP contribution < -0.4 is 5.32 Å². The normalized spacial score (nSPS) is 19.0. The molecule has 2 aromatic rings. The summed E-state index contributed by atoms with van der Waals surface area (Å²) in [6.45, 7) is 1.54. The first-order valence-electron chi connectivity index (χ1n) is 7.16. The molecule has 114 valence electrons. The van der Waals surface area contributed by atoms with E-state index in [9.17, 15) is 14.4 Å². The summed E-state index contributed by atoms with van der Waals surface area (Å²) >= 11 is 0. The second kappa shape index (κ2) is 5.63. The maximum Gasteiger partial charge on any atom is 0.329 e. The third-order valence-corrected chi connectivity index (χ3v) is 3.80. The minimum Gasteiger partial charge on any atom is -0.453 e. The Kier molecular flexibility index (Phi) is 3.66. The van der Waals surface area contributed by atoms with Gasteiger partial charge in [0.15, 0.2) is 6.10 Å². The fraction of sp³-hybridized carbons (Fsp3) is 0.312. The van der Waals surface area contributed by atoms with Crippen LogP contribution in [0.3, 0.4) is 0 Å². The summed E-state index contributed by atoms with van der Waals surface area (Å²) < 4.78 is 5.20. The quantitative estimate of drug-likeness (QED) is 0.662. The minimum atomic E-state index is -0.899. The largest absolute Gasteiger partial charge is 0.453 e. The van der Waals surface area contributed by atoms with Crippen molar-refractivity contribution in [3.05, 3.63) is 36.0 Å². The standard InChI is InChI=1S/C16H16N2O4/c1-9(22-16(21)13-6-7-14(19)18-13)15(20)11-8-17-12-5-3-2-4-10(11)12/h2-5,8-9,13,17H,6-7H2,1H3,(H,18,19)/t9-,13-/m1/s1. The molecule has 0 saturated carbocycles. The van der Waals surface area contributed by atoms with Crippen molar-refractivity contribution in [2.75, 3.05) is 0 Å². The van der Waals surface area contributed by atoms with Gasteiger partial charge >= 0.3 is 5.97 Å². The highest BCUT2D eigenvalue weighted by molar-refractivity contribution is 6.10. The molecule has 6 nitrogen and oxygen atoms in total. The van der Waals surface area contributed by atoms with Gasteiger partial charge in [0.2, 0.25) is 11.7 Å². The van der Waals surface area contributed by atoms with E-state index in [1.807, 2.05) is 24.3 Å². The number of hydrogen-bond donors (Lipinski definition) is 2. The molecule has 1 amide bonds. The van der Waals surface area contributed by atoms with Gasteiger partial charge in [-0.15, -0.1) is 0 Å². The molecule has 2 heterocycles. The summed E-state index contributed by atoms with van der Waals surface area (Å²) in [5.41, 5.74) is 1.35. The first kappa shape index (κ1) is 14.3. The molecule has 1 fully saturated rings. The van der Waals surface area contributed by atoms with Crippen molar-refractivity contribution < 1.29 is 19.1 Å². The summed E-state index contributed by atoms with van der Waals surface area (Å²) in [5, 5.41) is 3.33. The SMILES string of the molecule is C[C@@H](OC(=O)[C@H]1CCC(=O)N1)C(=O)c1c[nH]c2ccccc12. The molecule has 6 heteroatoms. The van der Waals surface area contributed by atoms with Gasteiger partial charge in [-0.3, -0.25) is 9.59 Å². The summed E-state index contributed by atoms with van der Waals surface area (Å²) in [7, 11) is 0. The van der Waals surface area contributed by atoms with Crippen molar-refractivity contribution in [2.45, 2.75) is 31.9 Å². The van der Waals surface area contributed by atoms with E-state index in [4.69, 9.17) is 4.74 Å². The number of Topliss-reactive ketones (excluding diaryl/α,β-unsaturated/α-hetero) is 1. The predicted molar refractivity (Wildman–Crippen MR) is 79.3 cm³/mol. The van der Waals surface area contributed by atoms with Crippen LogP contribution in [0.1, 0.15) is 30.1 Å². The highest BCUT2D eigenvalue weighted by atomic mass is 16.5. The number of fused-ring (bicyclic) bond motifs is 1. The topological polar surface area (TPSA) is 88.3 Å². The minimum absolute atomic E-state index is 0.169. The van der Waals surface area contributed by atoms with Gasteiger partial charge in [0.05, 0.1) is 0 Å². The van der Waals surface area contributed by atoms with Crippen molar-refractivity contribution in [3.63, 3.8) is 0 Å². The van der Waals surface area contributed by atoms with Crippen LogP contribution in [0.15, 0.2) is 30.5 Å². The van der Waals surface area contributed by atoms with E-state index in [0.717, 1.165) is 10.9 Å². The number of aromatic nitrogens is 1. The zero-order chi connectivity index (χ0) is 15.7. The monoisotopic (exact) mass is 300 g/mol.